The zero-order valence-electron chi connectivity index (χ0n) is 14.1. The van der Waals surface area contributed by atoms with Crippen LogP contribution in [-0.4, -0.2) is 17.8 Å². The van der Waals surface area contributed by atoms with Gasteiger partial charge in [-0.15, -0.1) is 0 Å². The fraction of sp³-hybridized carbons (Fsp3) is 0.211. The van der Waals surface area contributed by atoms with Crippen LogP contribution in [0.4, 0.5) is 0 Å². The topological polar surface area (TPSA) is 98.5 Å². The van der Waals surface area contributed by atoms with E-state index < -0.39 is 24.0 Å². The minimum atomic E-state index is -1.19. The number of esters is 1. The summed E-state index contributed by atoms with van der Waals surface area (Å²) in [7, 11) is 0. The predicted octanol–water partition coefficient (Wildman–Crippen LogP) is 2.68. The molecule has 2 rings (SSSR count). The second kappa shape index (κ2) is 9.01. The third-order valence-corrected chi connectivity index (χ3v) is 3.88. The Morgan fingerprint density at radius 2 is 1.65 bits per heavy atom. The van der Waals surface area contributed by atoms with Crippen LogP contribution in [0.5, 0.6) is 0 Å². The van der Waals surface area contributed by atoms with E-state index in [2.05, 4.69) is 5.32 Å². The van der Waals surface area contributed by atoms with Crippen LogP contribution >= 0.6 is 11.6 Å². The highest BCUT2D eigenvalue weighted by atomic mass is 35.5. The lowest BCUT2D eigenvalue weighted by atomic mass is 10.0. The average Bonchev–Trinajstić information content (AvgIpc) is 2.60. The van der Waals surface area contributed by atoms with Gasteiger partial charge in [0, 0.05) is 17.5 Å². The Kier molecular flexibility index (Phi) is 6.74. The molecule has 2 aromatic rings. The van der Waals surface area contributed by atoms with Crippen molar-refractivity contribution in [2.45, 2.75) is 25.5 Å². The zero-order valence-corrected chi connectivity index (χ0v) is 14.9. The first-order valence-electron chi connectivity index (χ1n) is 7.93. The van der Waals surface area contributed by atoms with E-state index in [1.165, 1.54) is 6.92 Å². The quantitative estimate of drug-likeness (QED) is 0.728. The van der Waals surface area contributed by atoms with E-state index in [9.17, 15) is 14.4 Å². The van der Waals surface area contributed by atoms with Crippen molar-refractivity contribution in [3.63, 3.8) is 0 Å². The van der Waals surface area contributed by atoms with Crippen LogP contribution in [0.1, 0.15) is 36.6 Å². The molecule has 3 N–H and O–H groups in total. The summed E-state index contributed by atoms with van der Waals surface area (Å²) in [5.41, 5.74) is 6.53. The van der Waals surface area contributed by atoms with Gasteiger partial charge in [0.25, 0.3) is 5.91 Å². The summed E-state index contributed by atoms with van der Waals surface area (Å²) in [6.45, 7) is 1.35. The molecule has 0 aliphatic rings. The molecule has 2 atom stereocenters. The van der Waals surface area contributed by atoms with E-state index >= 15 is 0 Å². The maximum absolute atomic E-state index is 12.4. The predicted molar refractivity (Wildman–Crippen MR) is 97.1 cm³/mol. The molecule has 0 aliphatic heterocycles. The van der Waals surface area contributed by atoms with Crippen LogP contribution in [0.15, 0.2) is 54.6 Å². The lowest BCUT2D eigenvalue weighted by Gasteiger charge is -2.20. The van der Waals surface area contributed by atoms with Crippen molar-refractivity contribution in [1.82, 2.24) is 5.32 Å². The number of ether oxygens (including phenoxy) is 1. The lowest BCUT2D eigenvalue weighted by molar-refractivity contribution is -0.156. The molecule has 0 aromatic heterocycles. The van der Waals surface area contributed by atoms with Gasteiger partial charge in [0.1, 0.15) is 0 Å². The molecule has 0 radical (unpaired) electrons. The molecular formula is C19H19ClN2O4. The molecule has 2 amide bonds. The van der Waals surface area contributed by atoms with Crippen molar-refractivity contribution in [1.29, 1.82) is 0 Å². The number of carbonyl (C=O) groups is 3. The average molecular weight is 375 g/mol. The number of nitrogens with two attached hydrogens (primary N) is 1. The number of amides is 2. The molecule has 26 heavy (non-hydrogen) atoms. The first kappa shape index (κ1) is 19.5. The van der Waals surface area contributed by atoms with Crippen LogP contribution < -0.4 is 11.1 Å². The summed E-state index contributed by atoms with van der Waals surface area (Å²) in [6.07, 6.45) is -1.34. The van der Waals surface area contributed by atoms with Crippen LogP contribution in [0, 0.1) is 0 Å². The van der Waals surface area contributed by atoms with Gasteiger partial charge in [0.05, 0.1) is 12.5 Å². The zero-order chi connectivity index (χ0) is 19.1. The number of primary amides is 1. The largest absolute Gasteiger partial charge is 0.447 e. The molecule has 6 nitrogen and oxygen atoms in total. The van der Waals surface area contributed by atoms with Gasteiger partial charge < -0.3 is 15.8 Å². The maximum atomic E-state index is 12.4. The molecule has 0 aliphatic carbocycles. The Hall–Kier alpha value is -2.86. The highest BCUT2D eigenvalue weighted by molar-refractivity contribution is 6.30. The van der Waals surface area contributed by atoms with Gasteiger partial charge in [0.2, 0.25) is 12.0 Å². The SMILES string of the molecule is CC(=O)NC(CC(=O)OC(C(N)=O)c1ccccc1)c1ccc(Cl)cc1. The van der Waals surface area contributed by atoms with Crippen molar-refractivity contribution in [3.05, 3.63) is 70.7 Å². The molecule has 0 saturated heterocycles. The standard InChI is InChI=1S/C19H19ClN2O4/c1-12(23)22-16(13-7-9-15(20)10-8-13)11-17(24)26-18(19(21)25)14-5-3-2-4-6-14/h2-10,16,18H,11H2,1H3,(H2,21,25)(H,22,23). The number of halogens is 1. The first-order chi connectivity index (χ1) is 12.4. The second-order valence-electron chi connectivity index (χ2n) is 5.69. The van der Waals surface area contributed by atoms with Crippen LogP contribution in [-0.2, 0) is 19.1 Å². The molecule has 0 bridgehead atoms. The molecule has 7 heteroatoms. The summed E-state index contributed by atoms with van der Waals surface area (Å²) in [5.74, 6) is -1.73. The van der Waals surface area contributed by atoms with Gasteiger partial charge in [-0.25, -0.2) is 0 Å². The minimum Gasteiger partial charge on any atom is -0.447 e. The van der Waals surface area contributed by atoms with Gasteiger partial charge >= 0.3 is 5.97 Å². The molecule has 0 fully saturated rings. The maximum Gasteiger partial charge on any atom is 0.309 e. The van der Waals surface area contributed by atoms with Gasteiger partial charge in [-0.2, -0.15) is 0 Å². The third kappa shape index (κ3) is 5.60. The smallest absolute Gasteiger partial charge is 0.309 e. The Balaban J connectivity index is 2.14. The van der Waals surface area contributed by atoms with Crippen LogP contribution in [0.3, 0.4) is 0 Å². The minimum absolute atomic E-state index is 0.155. The molecular weight excluding hydrogens is 356 g/mol. The third-order valence-electron chi connectivity index (χ3n) is 3.63. The summed E-state index contributed by atoms with van der Waals surface area (Å²) in [5, 5.41) is 3.23. The molecule has 136 valence electrons. The lowest BCUT2D eigenvalue weighted by Crippen LogP contribution is -2.31. The van der Waals surface area contributed by atoms with E-state index in [-0.39, 0.29) is 12.3 Å². The van der Waals surface area contributed by atoms with Crippen molar-refractivity contribution < 1.29 is 19.1 Å². The fourth-order valence-electron chi connectivity index (χ4n) is 2.46. The molecule has 2 unspecified atom stereocenters. The van der Waals surface area contributed by atoms with E-state index in [0.29, 0.717) is 16.1 Å². The van der Waals surface area contributed by atoms with Gasteiger partial charge in [-0.3, -0.25) is 14.4 Å². The highest BCUT2D eigenvalue weighted by Crippen LogP contribution is 2.23. The Labute approximate surface area is 156 Å². The van der Waals surface area contributed by atoms with Crippen molar-refractivity contribution in [2.75, 3.05) is 0 Å². The van der Waals surface area contributed by atoms with Gasteiger partial charge in [0.15, 0.2) is 0 Å². The summed E-state index contributed by atoms with van der Waals surface area (Å²) in [6, 6.07) is 14.6. The van der Waals surface area contributed by atoms with Crippen LogP contribution in [0.25, 0.3) is 0 Å². The number of nitrogens with one attached hydrogen (secondary N) is 1. The van der Waals surface area contributed by atoms with E-state index in [0.717, 1.165) is 0 Å². The number of benzene rings is 2. The van der Waals surface area contributed by atoms with Crippen molar-refractivity contribution >= 4 is 29.4 Å². The van der Waals surface area contributed by atoms with Crippen molar-refractivity contribution in [2.24, 2.45) is 5.73 Å². The monoisotopic (exact) mass is 374 g/mol. The Morgan fingerprint density at radius 3 is 2.19 bits per heavy atom. The van der Waals surface area contributed by atoms with E-state index in [1.54, 1.807) is 54.6 Å². The number of hydrogen-bond donors (Lipinski definition) is 2. The van der Waals surface area contributed by atoms with E-state index in [1.807, 2.05) is 0 Å². The first-order valence-corrected chi connectivity index (χ1v) is 8.31. The molecule has 0 saturated carbocycles. The Bertz CT molecular complexity index is 778. The number of rotatable bonds is 7. The molecule has 0 spiro atoms. The van der Waals surface area contributed by atoms with E-state index in [4.69, 9.17) is 22.1 Å². The molecule has 2 aromatic carbocycles. The molecule has 0 heterocycles. The van der Waals surface area contributed by atoms with Crippen molar-refractivity contribution in [3.8, 4) is 0 Å². The highest BCUT2D eigenvalue weighted by Gasteiger charge is 2.25. The number of carbonyl (C=O) groups excluding carboxylic acids is 3. The second-order valence-corrected chi connectivity index (χ2v) is 6.13. The summed E-state index contributed by atoms with van der Waals surface area (Å²) in [4.78, 5) is 35.5. The number of hydrogen-bond acceptors (Lipinski definition) is 4. The fourth-order valence-corrected chi connectivity index (χ4v) is 2.58. The van der Waals surface area contributed by atoms with Gasteiger partial charge in [-0.05, 0) is 17.7 Å². The van der Waals surface area contributed by atoms with Gasteiger partial charge in [-0.1, -0.05) is 54.1 Å². The Morgan fingerprint density at radius 1 is 1.04 bits per heavy atom. The normalized spacial score (nSPS) is 12.7. The summed E-state index contributed by atoms with van der Waals surface area (Å²) >= 11 is 5.87. The van der Waals surface area contributed by atoms with Crippen LogP contribution in [0.2, 0.25) is 5.02 Å². The summed E-state index contributed by atoms with van der Waals surface area (Å²) < 4.78 is 5.26.